The topological polar surface area (TPSA) is 87.2 Å². The average Bonchev–Trinajstić information content (AvgIpc) is 3.12. The van der Waals surface area contributed by atoms with Gasteiger partial charge in [-0.25, -0.2) is 9.97 Å². The lowest BCUT2D eigenvalue weighted by molar-refractivity contribution is -0.114. The third kappa shape index (κ3) is 4.10. The molecule has 3 heterocycles. The smallest absolute Gasteiger partial charge is 0.263 e. The van der Waals surface area contributed by atoms with Gasteiger partial charge in [0, 0.05) is 54.8 Å². The molecule has 1 aliphatic rings. The maximum absolute atomic E-state index is 12.3. The fourth-order valence-corrected chi connectivity index (χ4v) is 5.19. The molecule has 0 spiro atoms. The maximum atomic E-state index is 12.3. The van der Waals surface area contributed by atoms with Gasteiger partial charge in [0.25, 0.3) is 5.91 Å². The number of aromatic nitrogens is 2. The molecule has 1 aliphatic heterocycles. The Labute approximate surface area is 176 Å². The number of hydrogen-bond acceptors (Lipinski definition) is 7. The molecule has 0 saturated carbocycles. The fourth-order valence-electron chi connectivity index (χ4n) is 2.94. The van der Waals surface area contributed by atoms with E-state index in [1.807, 2.05) is 30.3 Å². The summed E-state index contributed by atoms with van der Waals surface area (Å²) in [5.41, 5.74) is 3.30. The van der Waals surface area contributed by atoms with Crippen LogP contribution in [-0.2, 0) is 10.5 Å². The van der Waals surface area contributed by atoms with Crippen LogP contribution < -0.4 is 10.6 Å². The van der Waals surface area contributed by atoms with Gasteiger partial charge in [-0.3, -0.25) is 9.59 Å². The van der Waals surface area contributed by atoms with E-state index in [-0.39, 0.29) is 11.8 Å². The van der Waals surface area contributed by atoms with Gasteiger partial charge >= 0.3 is 0 Å². The molecule has 4 rings (SSSR count). The average molecular weight is 426 g/mol. The number of carbonyl (C=O) groups excluding carboxylic acids is 2. The number of thiophene rings is 1. The monoisotopic (exact) mass is 425 g/mol. The number of fused-ring (bicyclic) bond motifs is 3. The van der Waals surface area contributed by atoms with Crippen LogP contribution in [0.25, 0.3) is 11.3 Å². The van der Waals surface area contributed by atoms with Crippen LogP contribution in [0.15, 0.2) is 41.4 Å². The molecule has 0 bridgehead atoms. The van der Waals surface area contributed by atoms with Gasteiger partial charge in [-0.1, -0.05) is 6.07 Å². The van der Waals surface area contributed by atoms with E-state index >= 15 is 0 Å². The lowest BCUT2D eigenvalue weighted by atomic mass is 10.1. The van der Waals surface area contributed by atoms with Crippen LogP contribution in [-0.4, -0.2) is 40.8 Å². The zero-order chi connectivity index (χ0) is 20.5. The highest BCUT2D eigenvalue weighted by Crippen LogP contribution is 2.44. The first-order valence-corrected chi connectivity index (χ1v) is 10.7. The molecule has 3 aromatic rings. The normalized spacial score (nSPS) is 12.0. The van der Waals surface area contributed by atoms with E-state index in [4.69, 9.17) is 4.98 Å². The number of rotatable bonds is 4. The second-order valence-corrected chi connectivity index (χ2v) is 8.88. The minimum atomic E-state index is -0.128. The predicted octanol–water partition coefficient (Wildman–Crippen LogP) is 4.21. The van der Waals surface area contributed by atoms with Gasteiger partial charge in [-0.05, 0) is 24.3 Å². The lowest BCUT2D eigenvalue weighted by Crippen LogP contribution is -2.20. The largest absolute Gasteiger partial charge is 0.344 e. The van der Waals surface area contributed by atoms with Crippen LogP contribution in [0, 0.1) is 0 Å². The molecule has 1 aromatic carbocycles. The van der Waals surface area contributed by atoms with E-state index in [2.05, 4.69) is 15.6 Å². The summed E-state index contributed by atoms with van der Waals surface area (Å²) in [4.78, 5) is 37.2. The molecule has 148 valence electrons. The molecular weight excluding hydrogens is 406 g/mol. The molecule has 7 nitrogen and oxygen atoms in total. The van der Waals surface area contributed by atoms with Crippen molar-refractivity contribution in [2.45, 2.75) is 17.6 Å². The van der Waals surface area contributed by atoms with Crippen molar-refractivity contribution in [2.75, 3.05) is 24.7 Å². The van der Waals surface area contributed by atoms with Gasteiger partial charge < -0.3 is 15.5 Å². The molecule has 29 heavy (non-hydrogen) atoms. The maximum Gasteiger partial charge on any atom is 0.263 e. The van der Waals surface area contributed by atoms with Crippen LogP contribution >= 0.6 is 23.1 Å². The standard InChI is InChI=1S/C20H19N5O2S2/c1-11(26)22-12-5-4-6-13(7-12)23-20-21-9-16-18(24-20)14-8-15(19(27)25(2)3)29-17(14)10-28-16/h4-9H,10H2,1-3H3,(H,22,26)(H,21,23,24). The molecule has 0 aliphatic carbocycles. The first kappa shape index (κ1) is 19.4. The Morgan fingerprint density at radius 2 is 1.97 bits per heavy atom. The SMILES string of the molecule is CC(=O)Nc1cccc(Nc2ncc3c(n2)-c2cc(C(=O)N(C)C)sc2CS3)c1. The van der Waals surface area contributed by atoms with Gasteiger partial charge in [0.2, 0.25) is 11.9 Å². The summed E-state index contributed by atoms with van der Waals surface area (Å²) in [6, 6.07) is 9.29. The number of thioether (sulfide) groups is 1. The van der Waals surface area contributed by atoms with Crippen molar-refractivity contribution in [3.63, 3.8) is 0 Å². The summed E-state index contributed by atoms with van der Waals surface area (Å²) in [6.45, 7) is 1.47. The molecule has 2 N–H and O–H groups in total. The highest BCUT2D eigenvalue weighted by molar-refractivity contribution is 7.98. The summed E-state index contributed by atoms with van der Waals surface area (Å²) in [6.07, 6.45) is 1.81. The zero-order valence-electron chi connectivity index (χ0n) is 16.1. The number of nitrogens with one attached hydrogen (secondary N) is 2. The van der Waals surface area contributed by atoms with Crippen LogP contribution in [0.3, 0.4) is 0 Å². The quantitative estimate of drug-likeness (QED) is 0.651. The van der Waals surface area contributed by atoms with Crippen molar-refractivity contribution >= 4 is 52.2 Å². The Balaban J connectivity index is 1.64. The number of benzene rings is 1. The minimum absolute atomic E-state index is 0.00172. The number of amides is 2. The molecular formula is C20H19N5O2S2. The number of carbonyl (C=O) groups is 2. The fraction of sp³-hybridized carbons (Fsp3) is 0.200. The third-order valence-corrected chi connectivity index (χ3v) is 6.58. The number of anilines is 3. The van der Waals surface area contributed by atoms with E-state index < -0.39 is 0 Å². The van der Waals surface area contributed by atoms with E-state index in [0.717, 1.165) is 32.5 Å². The van der Waals surface area contributed by atoms with Crippen molar-refractivity contribution < 1.29 is 9.59 Å². The molecule has 2 aromatic heterocycles. The first-order chi connectivity index (χ1) is 13.9. The Kier molecular flexibility index (Phi) is 5.25. The van der Waals surface area contributed by atoms with E-state index in [0.29, 0.717) is 16.5 Å². The van der Waals surface area contributed by atoms with Crippen molar-refractivity contribution in [2.24, 2.45) is 0 Å². The van der Waals surface area contributed by atoms with Gasteiger partial charge in [0.15, 0.2) is 0 Å². The summed E-state index contributed by atoms with van der Waals surface area (Å²) in [5, 5.41) is 5.95. The summed E-state index contributed by atoms with van der Waals surface area (Å²) < 4.78 is 0. The van der Waals surface area contributed by atoms with Gasteiger partial charge in [0.05, 0.1) is 15.5 Å². The van der Waals surface area contributed by atoms with Crippen LogP contribution in [0.4, 0.5) is 17.3 Å². The van der Waals surface area contributed by atoms with Crippen LogP contribution in [0.5, 0.6) is 0 Å². The molecule has 2 amide bonds. The van der Waals surface area contributed by atoms with E-state index in [1.54, 1.807) is 37.0 Å². The second kappa shape index (κ2) is 7.84. The minimum Gasteiger partial charge on any atom is -0.344 e. The van der Waals surface area contributed by atoms with Crippen LogP contribution in [0.1, 0.15) is 21.5 Å². The first-order valence-electron chi connectivity index (χ1n) is 8.90. The molecule has 0 unspecified atom stereocenters. The molecule has 0 radical (unpaired) electrons. The molecule has 0 fully saturated rings. The predicted molar refractivity (Wildman–Crippen MR) is 117 cm³/mol. The van der Waals surface area contributed by atoms with Gasteiger partial charge in [0.1, 0.15) is 0 Å². The molecule has 0 atom stereocenters. The third-order valence-electron chi connectivity index (χ3n) is 4.23. The van der Waals surface area contributed by atoms with Crippen LogP contribution in [0.2, 0.25) is 0 Å². The van der Waals surface area contributed by atoms with Crippen molar-refractivity contribution in [1.29, 1.82) is 0 Å². The Morgan fingerprint density at radius 3 is 2.72 bits per heavy atom. The number of hydrogen-bond donors (Lipinski definition) is 2. The van der Waals surface area contributed by atoms with Crippen molar-refractivity contribution in [3.8, 4) is 11.3 Å². The summed E-state index contributed by atoms with van der Waals surface area (Å²) >= 11 is 3.19. The highest BCUT2D eigenvalue weighted by atomic mass is 32.2. The molecule has 9 heteroatoms. The highest BCUT2D eigenvalue weighted by Gasteiger charge is 2.24. The van der Waals surface area contributed by atoms with Crippen molar-refractivity contribution in [1.82, 2.24) is 14.9 Å². The zero-order valence-corrected chi connectivity index (χ0v) is 17.8. The Morgan fingerprint density at radius 1 is 1.17 bits per heavy atom. The van der Waals surface area contributed by atoms with Gasteiger partial charge in [-0.15, -0.1) is 23.1 Å². The number of nitrogens with zero attached hydrogens (tertiary/aromatic N) is 3. The summed E-state index contributed by atoms with van der Waals surface area (Å²) in [5.74, 6) is 1.14. The Hall–Kier alpha value is -2.91. The summed E-state index contributed by atoms with van der Waals surface area (Å²) in [7, 11) is 3.51. The van der Waals surface area contributed by atoms with E-state index in [1.165, 1.54) is 18.3 Å². The van der Waals surface area contributed by atoms with E-state index in [9.17, 15) is 9.59 Å². The lowest BCUT2D eigenvalue weighted by Gasteiger charge is -2.15. The van der Waals surface area contributed by atoms with Crippen molar-refractivity contribution in [3.05, 3.63) is 46.3 Å². The second-order valence-electron chi connectivity index (χ2n) is 6.73. The molecule has 0 saturated heterocycles. The Bertz CT molecular complexity index is 1110. The van der Waals surface area contributed by atoms with Gasteiger partial charge in [-0.2, -0.15) is 0 Å².